The molecule has 0 aliphatic carbocycles. The van der Waals surface area contributed by atoms with Crippen molar-refractivity contribution in [2.75, 3.05) is 19.6 Å². The van der Waals surface area contributed by atoms with Gasteiger partial charge in [-0.3, -0.25) is 0 Å². The quantitative estimate of drug-likeness (QED) is 0.526. The van der Waals surface area contributed by atoms with E-state index in [9.17, 15) is 0 Å². The van der Waals surface area contributed by atoms with E-state index in [1.54, 1.807) is 0 Å². The minimum absolute atomic E-state index is 0. The van der Waals surface area contributed by atoms with E-state index in [-0.39, 0.29) is 17.0 Å². The molecule has 0 aliphatic rings. The lowest BCUT2D eigenvalue weighted by Gasteiger charge is -2.44. The molecule has 1 aromatic rings. The van der Waals surface area contributed by atoms with Gasteiger partial charge < -0.3 is 21.5 Å². The number of benzene rings is 1. The van der Waals surface area contributed by atoms with Crippen molar-refractivity contribution in [3.8, 4) is 0 Å². The number of halogens is 1. The van der Waals surface area contributed by atoms with Gasteiger partial charge in [0.25, 0.3) is 0 Å². The second-order valence-corrected chi connectivity index (χ2v) is 6.54. The molecule has 0 heterocycles. The summed E-state index contributed by atoms with van der Waals surface area (Å²) in [6.45, 7) is 13.4. The maximum atomic E-state index is 2.45. The SMILES string of the molecule is CCCC[N+](CCCC)(CCCC)C(C)c1ccccc1.[Br-]. The minimum atomic E-state index is 0. The average molecular weight is 370 g/mol. The third-order valence-electron chi connectivity index (χ3n) is 4.97. The van der Waals surface area contributed by atoms with Gasteiger partial charge in [0.1, 0.15) is 6.04 Å². The van der Waals surface area contributed by atoms with Crippen LogP contribution in [-0.4, -0.2) is 24.1 Å². The van der Waals surface area contributed by atoms with Gasteiger partial charge >= 0.3 is 0 Å². The highest BCUT2D eigenvalue weighted by atomic mass is 79.9. The van der Waals surface area contributed by atoms with Crippen molar-refractivity contribution in [2.45, 2.75) is 72.3 Å². The van der Waals surface area contributed by atoms with E-state index < -0.39 is 0 Å². The fraction of sp³-hybridized carbons (Fsp3) is 0.700. The van der Waals surface area contributed by atoms with Crippen LogP contribution >= 0.6 is 0 Å². The fourth-order valence-corrected chi connectivity index (χ4v) is 3.38. The smallest absolute Gasteiger partial charge is 0.112 e. The first kappa shape index (κ1) is 21.7. The molecule has 0 radical (unpaired) electrons. The van der Waals surface area contributed by atoms with Crippen LogP contribution in [0.5, 0.6) is 0 Å². The summed E-state index contributed by atoms with van der Waals surface area (Å²) in [6.07, 6.45) is 7.97. The summed E-state index contributed by atoms with van der Waals surface area (Å²) < 4.78 is 1.29. The summed E-state index contributed by atoms with van der Waals surface area (Å²) in [5.74, 6) is 0. The van der Waals surface area contributed by atoms with E-state index in [0.717, 1.165) is 0 Å². The number of nitrogens with zero attached hydrogens (tertiary/aromatic N) is 1. The third-order valence-corrected chi connectivity index (χ3v) is 4.97. The Morgan fingerprint density at radius 1 is 0.773 bits per heavy atom. The largest absolute Gasteiger partial charge is 1.00 e. The maximum Gasteiger partial charge on any atom is 0.112 e. The predicted molar refractivity (Wildman–Crippen MR) is 94.4 cm³/mol. The zero-order valence-electron chi connectivity index (χ0n) is 15.2. The highest BCUT2D eigenvalue weighted by Gasteiger charge is 2.33. The minimum Gasteiger partial charge on any atom is -1.00 e. The topological polar surface area (TPSA) is 0 Å². The van der Waals surface area contributed by atoms with Crippen LogP contribution in [-0.2, 0) is 0 Å². The second kappa shape index (κ2) is 12.1. The van der Waals surface area contributed by atoms with Crippen LogP contribution in [0.4, 0.5) is 0 Å². The van der Waals surface area contributed by atoms with Gasteiger partial charge in [-0.1, -0.05) is 70.4 Å². The third kappa shape index (κ3) is 6.42. The normalized spacial score (nSPS) is 12.7. The van der Waals surface area contributed by atoms with Crippen LogP contribution < -0.4 is 17.0 Å². The number of hydrogen-bond donors (Lipinski definition) is 0. The van der Waals surface area contributed by atoms with Crippen LogP contribution in [0.3, 0.4) is 0 Å². The zero-order chi connectivity index (χ0) is 15.6. The fourth-order valence-electron chi connectivity index (χ4n) is 3.38. The van der Waals surface area contributed by atoms with Gasteiger partial charge in [-0.15, -0.1) is 0 Å². The predicted octanol–water partition coefficient (Wildman–Crippen LogP) is 2.97. The first-order valence-corrected chi connectivity index (χ1v) is 9.10. The van der Waals surface area contributed by atoms with Crippen molar-refractivity contribution in [3.05, 3.63) is 35.9 Å². The van der Waals surface area contributed by atoms with Crippen molar-refractivity contribution in [1.82, 2.24) is 0 Å². The Morgan fingerprint density at radius 3 is 1.55 bits per heavy atom. The Hall–Kier alpha value is -0.340. The van der Waals surface area contributed by atoms with Crippen molar-refractivity contribution in [2.24, 2.45) is 0 Å². The summed E-state index contributed by atoms with van der Waals surface area (Å²) in [5, 5.41) is 0. The van der Waals surface area contributed by atoms with Gasteiger partial charge in [-0.25, -0.2) is 0 Å². The standard InChI is InChI=1S/C20H36N.BrH/c1-5-8-16-21(17-9-6-2,18-10-7-3)19(4)20-14-12-11-13-15-20;/h11-15,19H,5-10,16-18H2,1-4H3;1H/q+1;/p-1. The van der Waals surface area contributed by atoms with Gasteiger partial charge in [0.15, 0.2) is 0 Å². The maximum absolute atomic E-state index is 2.45. The molecule has 0 saturated carbocycles. The van der Waals surface area contributed by atoms with Crippen molar-refractivity contribution >= 4 is 0 Å². The molecule has 0 aromatic heterocycles. The van der Waals surface area contributed by atoms with E-state index in [4.69, 9.17) is 0 Å². The molecule has 1 nitrogen and oxygen atoms in total. The number of hydrogen-bond acceptors (Lipinski definition) is 0. The van der Waals surface area contributed by atoms with E-state index in [1.807, 2.05) is 0 Å². The van der Waals surface area contributed by atoms with E-state index in [2.05, 4.69) is 58.0 Å². The van der Waals surface area contributed by atoms with E-state index in [1.165, 1.54) is 68.2 Å². The highest BCUT2D eigenvalue weighted by Crippen LogP contribution is 2.31. The lowest BCUT2D eigenvalue weighted by molar-refractivity contribution is -0.956. The summed E-state index contributed by atoms with van der Waals surface area (Å²) in [7, 11) is 0. The van der Waals surface area contributed by atoms with Crippen molar-refractivity contribution < 1.29 is 21.5 Å². The van der Waals surface area contributed by atoms with Crippen molar-refractivity contribution in [3.63, 3.8) is 0 Å². The Labute approximate surface area is 149 Å². The van der Waals surface area contributed by atoms with Crippen LogP contribution in [0.15, 0.2) is 30.3 Å². The van der Waals surface area contributed by atoms with Gasteiger partial charge in [-0.2, -0.15) is 0 Å². The monoisotopic (exact) mass is 369 g/mol. The van der Waals surface area contributed by atoms with Crippen LogP contribution in [0.25, 0.3) is 0 Å². The van der Waals surface area contributed by atoms with Gasteiger partial charge in [0, 0.05) is 5.56 Å². The summed E-state index contributed by atoms with van der Waals surface area (Å²) in [5.41, 5.74) is 1.51. The molecule has 0 amide bonds. The Morgan fingerprint density at radius 2 is 1.18 bits per heavy atom. The summed E-state index contributed by atoms with van der Waals surface area (Å²) in [4.78, 5) is 0. The zero-order valence-corrected chi connectivity index (χ0v) is 16.7. The molecular formula is C20H36BrN. The van der Waals surface area contributed by atoms with Crippen LogP contribution in [0, 0.1) is 0 Å². The Balaban J connectivity index is 0.00000441. The molecule has 0 N–H and O–H groups in total. The second-order valence-electron chi connectivity index (χ2n) is 6.54. The molecule has 0 fully saturated rings. The number of unbranched alkanes of at least 4 members (excludes halogenated alkanes) is 3. The molecule has 1 aromatic carbocycles. The van der Waals surface area contributed by atoms with Crippen LogP contribution in [0.2, 0.25) is 0 Å². The first-order chi connectivity index (χ1) is 10.2. The molecule has 0 saturated heterocycles. The molecule has 1 unspecified atom stereocenters. The molecule has 1 rings (SSSR count). The van der Waals surface area contributed by atoms with E-state index >= 15 is 0 Å². The highest BCUT2D eigenvalue weighted by molar-refractivity contribution is 5.16. The van der Waals surface area contributed by atoms with Crippen LogP contribution in [0.1, 0.15) is 77.8 Å². The van der Waals surface area contributed by atoms with E-state index in [0.29, 0.717) is 6.04 Å². The molecule has 0 spiro atoms. The van der Waals surface area contributed by atoms with Gasteiger partial charge in [0.05, 0.1) is 19.6 Å². The molecule has 2 heteroatoms. The lowest BCUT2D eigenvalue weighted by Crippen LogP contribution is -3.00. The molecule has 128 valence electrons. The lowest BCUT2D eigenvalue weighted by atomic mass is 10.0. The Kier molecular flexibility index (Phi) is 11.9. The number of quaternary nitrogens is 1. The average Bonchev–Trinajstić information content (AvgIpc) is 2.55. The number of rotatable bonds is 11. The summed E-state index contributed by atoms with van der Waals surface area (Å²) in [6, 6.07) is 11.8. The molecule has 22 heavy (non-hydrogen) atoms. The van der Waals surface area contributed by atoms with Crippen molar-refractivity contribution in [1.29, 1.82) is 0 Å². The molecule has 0 bridgehead atoms. The van der Waals surface area contributed by atoms with Gasteiger partial charge in [0.2, 0.25) is 0 Å². The van der Waals surface area contributed by atoms with Gasteiger partial charge in [-0.05, 0) is 26.2 Å². The molecule has 1 atom stereocenters. The Bertz CT molecular complexity index is 341. The molecular weight excluding hydrogens is 334 g/mol. The first-order valence-electron chi connectivity index (χ1n) is 9.10. The summed E-state index contributed by atoms with van der Waals surface area (Å²) >= 11 is 0. The molecule has 0 aliphatic heterocycles.